The number of benzene rings is 2. The topological polar surface area (TPSA) is 50.7 Å². The van der Waals surface area contributed by atoms with Crippen molar-refractivity contribution in [1.29, 1.82) is 0 Å². The minimum atomic E-state index is -0.698. The molecule has 3 rings (SSSR count). The molecular weight excluding hydrogens is 350 g/mol. The van der Waals surface area contributed by atoms with Gasteiger partial charge in [0.1, 0.15) is 11.5 Å². The van der Waals surface area contributed by atoms with E-state index in [1.165, 1.54) is 11.1 Å². The van der Waals surface area contributed by atoms with Gasteiger partial charge in [0, 0.05) is 18.0 Å². The number of hydrogen-bond acceptors (Lipinski definition) is 4. The van der Waals surface area contributed by atoms with Crippen LogP contribution < -0.4 is 14.8 Å². The van der Waals surface area contributed by atoms with E-state index >= 15 is 0 Å². The first kappa shape index (κ1) is 20.7. The van der Waals surface area contributed by atoms with Gasteiger partial charge in [-0.1, -0.05) is 51.0 Å². The third kappa shape index (κ3) is 4.34. The first-order chi connectivity index (χ1) is 13.5. The van der Waals surface area contributed by atoms with Crippen LogP contribution in [-0.2, 0) is 0 Å². The number of hydrogen-bond donors (Lipinski definition) is 2. The second-order valence-corrected chi connectivity index (χ2v) is 7.94. The van der Waals surface area contributed by atoms with Gasteiger partial charge in [-0.05, 0) is 48.2 Å². The van der Waals surface area contributed by atoms with Gasteiger partial charge in [0.2, 0.25) is 0 Å². The number of unbranched alkanes of at least 4 members (excludes halogenated alkanes) is 1. The number of ether oxygens (including phenoxy) is 2. The zero-order chi connectivity index (χ0) is 20.1. The fourth-order valence-corrected chi connectivity index (χ4v) is 4.33. The summed E-state index contributed by atoms with van der Waals surface area (Å²) >= 11 is 0. The van der Waals surface area contributed by atoms with Crippen LogP contribution in [0.2, 0.25) is 0 Å². The Labute approximate surface area is 168 Å². The summed E-state index contributed by atoms with van der Waals surface area (Å²) in [6, 6.07) is 16.5. The zero-order valence-corrected chi connectivity index (χ0v) is 17.4. The summed E-state index contributed by atoms with van der Waals surface area (Å²) in [6.07, 6.45) is 3.66. The molecule has 0 saturated carbocycles. The van der Waals surface area contributed by atoms with Gasteiger partial charge in [-0.3, -0.25) is 0 Å². The highest BCUT2D eigenvalue weighted by molar-refractivity contribution is 5.33. The maximum Gasteiger partial charge on any atom is 0.118 e. The van der Waals surface area contributed by atoms with Crippen LogP contribution in [0.4, 0.5) is 0 Å². The van der Waals surface area contributed by atoms with Gasteiger partial charge >= 0.3 is 0 Å². The Morgan fingerprint density at radius 1 is 0.964 bits per heavy atom. The number of nitrogens with one attached hydrogen (secondary N) is 1. The lowest BCUT2D eigenvalue weighted by Crippen LogP contribution is -2.52. The first-order valence-electron chi connectivity index (χ1n) is 10.3. The summed E-state index contributed by atoms with van der Waals surface area (Å²) in [5, 5.41) is 15.4. The molecule has 1 heterocycles. The van der Waals surface area contributed by atoms with Crippen LogP contribution in [0.5, 0.6) is 11.5 Å². The Morgan fingerprint density at radius 2 is 1.50 bits per heavy atom. The Hall–Kier alpha value is -2.04. The molecular formula is C24H33NO3. The molecule has 4 nitrogen and oxygen atoms in total. The largest absolute Gasteiger partial charge is 0.497 e. The molecule has 2 aromatic rings. The van der Waals surface area contributed by atoms with E-state index in [1.54, 1.807) is 14.2 Å². The number of piperidine rings is 1. The first-order valence-corrected chi connectivity index (χ1v) is 10.3. The molecule has 152 valence electrons. The van der Waals surface area contributed by atoms with Crippen LogP contribution in [0.3, 0.4) is 0 Å². The average Bonchev–Trinajstić information content (AvgIpc) is 2.74. The van der Waals surface area contributed by atoms with Crippen molar-refractivity contribution in [3.63, 3.8) is 0 Å². The van der Waals surface area contributed by atoms with E-state index in [-0.39, 0.29) is 18.0 Å². The maximum absolute atomic E-state index is 11.6. The normalized spacial score (nSPS) is 27.4. The van der Waals surface area contributed by atoms with Crippen molar-refractivity contribution in [2.45, 2.75) is 57.2 Å². The van der Waals surface area contributed by atoms with E-state index in [9.17, 15) is 5.11 Å². The molecule has 0 spiro atoms. The molecule has 1 fully saturated rings. The van der Waals surface area contributed by atoms with Gasteiger partial charge in [-0.2, -0.15) is 0 Å². The Bertz CT molecular complexity index is 743. The van der Waals surface area contributed by atoms with Crippen molar-refractivity contribution in [2.75, 3.05) is 14.2 Å². The maximum atomic E-state index is 11.6. The van der Waals surface area contributed by atoms with Gasteiger partial charge in [0.05, 0.1) is 19.8 Å². The average molecular weight is 384 g/mol. The lowest BCUT2D eigenvalue weighted by Gasteiger charge is -2.48. The van der Waals surface area contributed by atoms with Crippen LogP contribution in [0.25, 0.3) is 0 Å². The summed E-state index contributed by atoms with van der Waals surface area (Å²) in [5.41, 5.74) is 1.67. The second kappa shape index (κ2) is 8.97. The van der Waals surface area contributed by atoms with Crippen molar-refractivity contribution in [2.24, 2.45) is 5.92 Å². The van der Waals surface area contributed by atoms with Gasteiger partial charge in [0.25, 0.3) is 0 Å². The fraction of sp³-hybridized carbons (Fsp3) is 0.500. The third-order valence-electron chi connectivity index (χ3n) is 6.24. The molecule has 0 amide bonds. The van der Waals surface area contributed by atoms with Gasteiger partial charge in [0.15, 0.2) is 0 Å². The minimum absolute atomic E-state index is 0.0774. The van der Waals surface area contributed by atoms with Crippen LogP contribution in [-0.4, -0.2) is 24.9 Å². The lowest BCUT2D eigenvalue weighted by atomic mass is 9.70. The van der Waals surface area contributed by atoms with Gasteiger partial charge < -0.3 is 19.9 Å². The van der Waals surface area contributed by atoms with Crippen LogP contribution in [0.15, 0.2) is 48.5 Å². The molecule has 1 aliphatic heterocycles. The van der Waals surface area contributed by atoms with Crippen molar-refractivity contribution in [1.82, 2.24) is 5.32 Å². The highest BCUT2D eigenvalue weighted by Gasteiger charge is 2.45. The molecule has 28 heavy (non-hydrogen) atoms. The molecule has 0 aliphatic carbocycles. The van der Waals surface area contributed by atoms with Gasteiger partial charge in [-0.25, -0.2) is 0 Å². The Morgan fingerprint density at radius 3 is 2.00 bits per heavy atom. The number of rotatable bonds is 7. The smallest absolute Gasteiger partial charge is 0.118 e. The predicted molar refractivity (Wildman–Crippen MR) is 113 cm³/mol. The van der Waals surface area contributed by atoms with Crippen molar-refractivity contribution >= 4 is 0 Å². The fourth-order valence-electron chi connectivity index (χ4n) is 4.33. The van der Waals surface area contributed by atoms with Crippen LogP contribution in [0.1, 0.15) is 62.7 Å². The summed E-state index contributed by atoms with van der Waals surface area (Å²) in [5.74, 6) is 1.81. The second-order valence-electron chi connectivity index (χ2n) is 7.94. The quantitative estimate of drug-likeness (QED) is 0.703. The third-order valence-corrected chi connectivity index (χ3v) is 6.24. The summed E-state index contributed by atoms with van der Waals surface area (Å²) in [4.78, 5) is 0. The van der Waals surface area contributed by atoms with E-state index in [0.29, 0.717) is 6.42 Å². The Balaban J connectivity index is 1.92. The molecule has 1 aliphatic rings. The molecule has 0 aromatic heterocycles. The van der Waals surface area contributed by atoms with E-state index in [2.05, 4.69) is 43.4 Å². The standard InChI is InChI=1S/C24H33NO3/c1-5-6-15-24(26)16-22(18-7-11-20(27-3)12-8-18)25-23(17(24)2)19-9-13-21(28-4)14-10-19/h7-14,17,22-23,25-26H,5-6,15-16H2,1-4H3/t17-,22-,23-,24-/m0/s1. The summed E-state index contributed by atoms with van der Waals surface area (Å²) in [7, 11) is 3.36. The van der Waals surface area contributed by atoms with Crippen molar-refractivity contribution in [3.8, 4) is 11.5 Å². The summed E-state index contributed by atoms with van der Waals surface area (Å²) < 4.78 is 10.6. The zero-order valence-electron chi connectivity index (χ0n) is 17.4. The molecule has 0 radical (unpaired) electrons. The molecule has 0 bridgehead atoms. The summed E-state index contributed by atoms with van der Waals surface area (Å²) in [6.45, 7) is 4.35. The number of methoxy groups -OCH3 is 2. The molecule has 0 unspecified atom stereocenters. The molecule has 4 atom stereocenters. The van der Waals surface area contributed by atoms with Crippen molar-refractivity contribution in [3.05, 3.63) is 59.7 Å². The lowest BCUT2D eigenvalue weighted by molar-refractivity contribution is -0.0752. The predicted octanol–water partition coefficient (Wildman–Crippen LogP) is 5.04. The molecule has 1 saturated heterocycles. The SMILES string of the molecule is CCCC[C@]1(O)C[C@@H](c2ccc(OC)cc2)N[C@H](c2ccc(OC)cc2)[C@@H]1C. The monoisotopic (exact) mass is 383 g/mol. The molecule has 4 heteroatoms. The van der Waals surface area contributed by atoms with Gasteiger partial charge in [-0.15, -0.1) is 0 Å². The van der Waals surface area contributed by atoms with E-state index in [4.69, 9.17) is 9.47 Å². The van der Waals surface area contributed by atoms with Crippen molar-refractivity contribution < 1.29 is 14.6 Å². The van der Waals surface area contributed by atoms with E-state index in [0.717, 1.165) is 30.8 Å². The van der Waals surface area contributed by atoms with E-state index in [1.807, 2.05) is 24.3 Å². The van der Waals surface area contributed by atoms with Crippen LogP contribution in [0, 0.1) is 5.92 Å². The highest BCUT2D eigenvalue weighted by Crippen LogP contribution is 2.45. The van der Waals surface area contributed by atoms with E-state index < -0.39 is 5.60 Å². The Kier molecular flexibility index (Phi) is 6.63. The molecule has 2 N–H and O–H groups in total. The molecule has 2 aromatic carbocycles. The minimum Gasteiger partial charge on any atom is -0.497 e. The number of aliphatic hydroxyl groups is 1. The highest BCUT2D eigenvalue weighted by atomic mass is 16.5. The van der Waals surface area contributed by atoms with Crippen LogP contribution >= 0.6 is 0 Å².